The van der Waals surface area contributed by atoms with Gasteiger partial charge in [0, 0.05) is 12.6 Å². The van der Waals surface area contributed by atoms with Gasteiger partial charge in [-0.15, -0.1) is 0 Å². The van der Waals surface area contributed by atoms with Gasteiger partial charge in [-0.25, -0.2) is 4.79 Å². The van der Waals surface area contributed by atoms with Crippen LogP contribution in [0.25, 0.3) is 0 Å². The zero-order valence-electron chi connectivity index (χ0n) is 17.8. The maximum atomic E-state index is 12.3. The van der Waals surface area contributed by atoms with Crippen LogP contribution in [-0.4, -0.2) is 35.2 Å². The maximum absolute atomic E-state index is 12.3. The molecule has 0 saturated carbocycles. The number of carbonyl (C=O) groups is 1. The van der Waals surface area contributed by atoms with Crippen LogP contribution in [0.4, 0.5) is 0 Å². The van der Waals surface area contributed by atoms with E-state index >= 15 is 0 Å². The third-order valence-corrected chi connectivity index (χ3v) is 6.83. The van der Waals surface area contributed by atoms with E-state index in [0.29, 0.717) is 12.0 Å². The fourth-order valence-corrected chi connectivity index (χ4v) is 5.53. The van der Waals surface area contributed by atoms with E-state index in [1.54, 1.807) is 0 Å². The van der Waals surface area contributed by atoms with Crippen molar-refractivity contribution in [3.63, 3.8) is 0 Å². The Morgan fingerprint density at radius 3 is 2.76 bits per heavy atom. The molecule has 29 heavy (non-hydrogen) atoms. The number of aliphatic hydroxyl groups is 1. The highest BCUT2D eigenvalue weighted by Gasteiger charge is 2.42. The van der Waals surface area contributed by atoms with Crippen LogP contribution in [0, 0.1) is 5.41 Å². The summed E-state index contributed by atoms with van der Waals surface area (Å²) in [6, 6.07) is 8.09. The monoisotopic (exact) mass is 393 g/mol. The molecule has 0 bridgehead atoms. The number of aliphatic hydroxyl groups excluding tert-OH is 1. The number of ether oxygens (including phenoxy) is 1. The van der Waals surface area contributed by atoms with Crippen molar-refractivity contribution in [3.05, 3.63) is 70.5 Å². The highest BCUT2D eigenvalue weighted by Crippen LogP contribution is 2.47. The van der Waals surface area contributed by atoms with E-state index in [2.05, 4.69) is 37.8 Å². The molecule has 1 aliphatic heterocycles. The van der Waals surface area contributed by atoms with Gasteiger partial charge < -0.3 is 14.7 Å². The summed E-state index contributed by atoms with van der Waals surface area (Å²) in [5.41, 5.74) is 5.76. The minimum atomic E-state index is -0.472. The number of allylic oxidation sites excluding steroid dienone is 1. The smallest absolute Gasteiger partial charge is 0.337 e. The van der Waals surface area contributed by atoms with E-state index in [-0.39, 0.29) is 23.5 Å². The number of esters is 1. The van der Waals surface area contributed by atoms with Crippen molar-refractivity contribution < 1.29 is 14.6 Å². The van der Waals surface area contributed by atoms with Gasteiger partial charge in [-0.2, -0.15) is 0 Å². The molecule has 1 aromatic rings. The van der Waals surface area contributed by atoms with E-state index in [4.69, 9.17) is 4.74 Å². The first-order valence-corrected chi connectivity index (χ1v) is 10.6. The largest absolute Gasteiger partial charge is 0.465 e. The number of benzene rings is 1. The lowest BCUT2D eigenvalue weighted by Crippen LogP contribution is -2.44. The first-order chi connectivity index (χ1) is 13.8. The number of nitrogens with zero attached hydrogens (tertiary/aromatic N) is 1. The molecule has 0 aromatic heterocycles. The lowest BCUT2D eigenvalue weighted by molar-refractivity contribution is -0.135. The Kier molecular flexibility index (Phi) is 5.16. The van der Waals surface area contributed by atoms with Gasteiger partial charge in [0.25, 0.3) is 0 Å². The second-order valence-corrected chi connectivity index (χ2v) is 9.17. The van der Waals surface area contributed by atoms with Crippen molar-refractivity contribution in [2.24, 2.45) is 5.41 Å². The van der Waals surface area contributed by atoms with Crippen molar-refractivity contribution in [1.82, 2.24) is 4.90 Å². The zero-order chi connectivity index (χ0) is 20.8. The molecule has 4 heteroatoms. The Morgan fingerprint density at radius 2 is 2.03 bits per heavy atom. The van der Waals surface area contributed by atoms with Crippen molar-refractivity contribution in [1.29, 1.82) is 0 Å². The van der Waals surface area contributed by atoms with Crippen LogP contribution in [0.1, 0.15) is 57.2 Å². The highest BCUT2D eigenvalue weighted by atomic mass is 16.5. The standard InChI is InChI=1S/C25H31NO3/c1-16-8-7-12-25(2,3)22(16)20-14-18(24(28)29-4)11-13-26(20)23-19-10-6-5-9-17(19)15-21(23)27/h5-6,9-11,13-14,20-21,23,27H,7-8,12,15H2,1-4H3/t20-,21+,23-/m0/s1. The number of carbonyl (C=O) groups excluding carboxylic acids is 1. The van der Waals surface area contributed by atoms with Gasteiger partial charge >= 0.3 is 5.97 Å². The molecular formula is C25H31NO3. The third-order valence-electron chi connectivity index (χ3n) is 6.83. The molecule has 3 atom stereocenters. The van der Waals surface area contributed by atoms with E-state index in [1.165, 1.54) is 35.8 Å². The molecule has 154 valence electrons. The van der Waals surface area contributed by atoms with E-state index in [1.807, 2.05) is 30.5 Å². The molecule has 0 spiro atoms. The van der Waals surface area contributed by atoms with Crippen LogP contribution in [0.2, 0.25) is 0 Å². The van der Waals surface area contributed by atoms with Gasteiger partial charge in [-0.3, -0.25) is 0 Å². The van der Waals surface area contributed by atoms with Crippen LogP contribution in [0.15, 0.2) is 59.3 Å². The maximum Gasteiger partial charge on any atom is 0.337 e. The second-order valence-electron chi connectivity index (χ2n) is 9.17. The van der Waals surface area contributed by atoms with Gasteiger partial charge in [-0.1, -0.05) is 43.7 Å². The summed E-state index contributed by atoms with van der Waals surface area (Å²) in [5, 5.41) is 11.0. The summed E-state index contributed by atoms with van der Waals surface area (Å²) in [5.74, 6) is -0.315. The number of hydrogen-bond acceptors (Lipinski definition) is 4. The Balaban J connectivity index is 1.82. The Hall–Kier alpha value is -2.33. The zero-order valence-corrected chi connectivity index (χ0v) is 17.8. The first kappa shape index (κ1) is 20.0. The molecule has 0 unspecified atom stereocenters. The summed E-state index contributed by atoms with van der Waals surface area (Å²) in [7, 11) is 1.42. The summed E-state index contributed by atoms with van der Waals surface area (Å²) in [4.78, 5) is 14.6. The molecule has 1 heterocycles. The highest BCUT2D eigenvalue weighted by molar-refractivity contribution is 5.92. The second kappa shape index (κ2) is 7.49. The SMILES string of the molecule is COC(=O)C1=C[C@@H](C2=C(C)CCCC2(C)C)N([C@H]2c3ccccc3C[C@H]2O)C=C1. The minimum Gasteiger partial charge on any atom is -0.465 e. The summed E-state index contributed by atoms with van der Waals surface area (Å²) in [6.45, 7) is 6.82. The molecule has 3 aliphatic rings. The van der Waals surface area contributed by atoms with Gasteiger partial charge in [0.15, 0.2) is 0 Å². The third kappa shape index (κ3) is 3.44. The molecule has 2 aliphatic carbocycles. The van der Waals surface area contributed by atoms with Crippen LogP contribution >= 0.6 is 0 Å². The molecule has 0 fully saturated rings. The van der Waals surface area contributed by atoms with Gasteiger partial charge in [-0.05, 0) is 60.5 Å². The van der Waals surface area contributed by atoms with Crippen LogP contribution < -0.4 is 0 Å². The molecule has 0 radical (unpaired) electrons. The van der Waals surface area contributed by atoms with Crippen LogP contribution in [0.3, 0.4) is 0 Å². The molecule has 0 saturated heterocycles. The molecule has 0 amide bonds. The fraction of sp³-hybridized carbons (Fsp3) is 0.480. The first-order valence-electron chi connectivity index (χ1n) is 10.6. The number of hydrogen-bond donors (Lipinski definition) is 1. The van der Waals surface area contributed by atoms with E-state index in [9.17, 15) is 9.90 Å². The molecular weight excluding hydrogens is 362 g/mol. The predicted octanol–water partition coefficient (Wildman–Crippen LogP) is 4.47. The normalized spacial score (nSPS) is 28.2. The van der Waals surface area contributed by atoms with E-state index in [0.717, 1.165) is 12.8 Å². The van der Waals surface area contributed by atoms with Gasteiger partial charge in [0.2, 0.25) is 0 Å². The Labute approximate surface area is 173 Å². The van der Waals surface area contributed by atoms with Gasteiger partial charge in [0.1, 0.15) is 0 Å². The average molecular weight is 394 g/mol. The molecule has 4 rings (SSSR count). The molecule has 1 N–H and O–H groups in total. The topological polar surface area (TPSA) is 49.8 Å². The van der Waals surface area contributed by atoms with E-state index < -0.39 is 6.10 Å². The number of fused-ring (bicyclic) bond motifs is 1. The van der Waals surface area contributed by atoms with Crippen molar-refractivity contribution >= 4 is 5.97 Å². The van der Waals surface area contributed by atoms with Crippen LogP contribution in [0.5, 0.6) is 0 Å². The van der Waals surface area contributed by atoms with Crippen molar-refractivity contribution in [2.75, 3.05) is 7.11 Å². The molecule has 4 nitrogen and oxygen atoms in total. The lowest BCUT2D eigenvalue weighted by atomic mass is 9.69. The number of methoxy groups -OCH3 is 1. The average Bonchev–Trinajstić information content (AvgIpc) is 3.02. The predicted molar refractivity (Wildman–Crippen MR) is 114 cm³/mol. The summed E-state index contributed by atoms with van der Waals surface area (Å²) < 4.78 is 5.00. The number of rotatable bonds is 3. The Morgan fingerprint density at radius 1 is 1.28 bits per heavy atom. The van der Waals surface area contributed by atoms with Crippen molar-refractivity contribution in [3.8, 4) is 0 Å². The fourth-order valence-electron chi connectivity index (χ4n) is 5.53. The van der Waals surface area contributed by atoms with Crippen molar-refractivity contribution in [2.45, 2.75) is 64.6 Å². The lowest BCUT2D eigenvalue weighted by Gasteiger charge is -2.46. The molecule has 1 aromatic carbocycles. The van der Waals surface area contributed by atoms with Gasteiger partial charge in [0.05, 0.1) is 30.9 Å². The minimum absolute atomic E-state index is 0.0389. The van der Waals surface area contributed by atoms with Crippen LogP contribution in [-0.2, 0) is 16.0 Å². The quantitative estimate of drug-likeness (QED) is 0.608. The summed E-state index contributed by atoms with van der Waals surface area (Å²) >= 11 is 0. The Bertz CT molecular complexity index is 908. The summed E-state index contributed by atoms with van der Waals surface area (Å²) in [6.07, 6.45) is 9.42.